The van der Waals surface area contributed by atoms with E-state index < -0.39 is 0 Å². The maximum absolute atomic E-state index is 8.77. The van der Waals surface area contributed by atoms with Crippen LogP contribution < -0.4 is 5.73 Å². The third-order valence-electron chi connectivity index (χ3n) is 1.69. The highest BCUT2D eigenvalue weighted by atomic mass is 16.5. The quantitative estimate of drug-likeness (QED) is 0.495. The third kappa shape index (κ3) is 6.54. The fraction of sp³-hybridized carbons (Fsp3) is 1.00. The first-order chi connectivity index (χ1) is 5.85. The van der Waals surface area contributed by atoms with E-state index in [2.05, 4.69) is 0 Å². The average molecular weight is 177 g/mol. The Bertz CT molecular complexity index is 86.4. The monoisotopic (exact) mass is 177 g/mol. The lowest BCUT2D eigenvalue weighted by molar-refractivity contribution is 0.0595. The Morgan fingerprint density at radius 2 is 2.08 bits per heavy atom. The molecule has 0 bridgehead atoms. The van der Waals surface area contributed by atoms with E-state index >= 15 is 0 Å². The molecule has 0 spiro atoms. The molecule has 0 aromatic rings. The van der Waals surface area contributed by atoms with Crippen LogP contribution in [0.2, 0.25) is 0 Å². The van der Waals surface area contributed by atoms with Crippen molar-refractivity contribution in [2.75, 3.05) is 40.1 Å². The van der Waals surface area contributed by atoms with Crippen LogP contribution in [-0.4, -0.2) is 45.2 Å². The van der Waals surface area contributed by atoms with Crippen LogP contribution in [0, 0.1) is 5.92 Å². The van der Waals surface area contributed by atoms with Gasteiger partial charge in [-0.3, -0.25) is 0 Å². The molecule has 0 aromatic carbocycles. The molecule has 1 atom stereocenters. The van der Waals surface area contributed by atoms with Gasteiger partial charge in [0, 0.05) is 20.3 Å². The summed E-state index contributed by atoms with van der Waals surface area (Å²) in [6.07, 6.45) is 0.816. The Morgan fingerprint density at radius 1 is 1.33 bits per heavy atom. The highest BCUT2D eigenvalue weighted by Gasteiger charge is 2.03. The zero-order valence-corrected chi connectivity index (χ0v) is 7.66. The molecule has 0 aliphatic carbocycles. The summed E-state index contributed by atoms with van der Waals surface area (Å²) in [5.74, 6) is 0.174. The van der Waals surface area contributed by atoms with Crippen molar-refractivity contribution in [3.05, 3.63) is 0 Å². The van der Waals surface area contributed by atoms with Gasteiger partial charge in [-0.1, -0.05) is 0 Å². The largest absolute Gasteiger partial charge is 0.396 e. The van der Waals surface area contributed by atoms with Crippen LogP contribution in [0.15, 0.2) is 0 Å². The van der Waals surface area contributed by atoms with Crippen molar-refractivity contribution in [3.8, 4) is 0 Å². The predicted molar refractivity (Wildman–Crippen MR) is 46.9 cm³/mol. The molecule has 0 saturated carbocycles. The van der Waals surface area contributed by atoms with E-state index in [4.69, 9.17) is 20.3 Å². The van der Waals surface area contributed by atoms with Crippen molar-refractivity contribution >= 4 is 0 Å². The minimum Gasteiger partial charge on any atom is -0.396 e. The molecule has 12 heavy (non-hydrogen) atoms. The summed E-state index contributed by atoms with van der Waals surface area (Å²) in [5, 5.41) is 8.77. The Balaban J connectivity index is 3.06. The maximum Gasteiger partial charge on any atom is 0.0700 e. The van der Waals surface area contributed by atoms with E-state index in [1.54, 1.807) is 7.11 Å². The van der Waals surface area contributed by atoms with Crippen LogP contribution in [0.5, 0.6) is 0 Å². The third-order valence-corrected chi connectivity index (χ3v) is 1.69. The zero-order valence-electron chi connectivity index (χ0n) is 7.66. The van der Waals surface area contributed by atoms with E-state index in [1.165, 1.54) is 0 Å². The first-order valence-corrected chi connectivity index (χ1v) is 4.22. The molecular weight excluding hydrogens is 158 g/mol. The molecule has 0 heterocycles. The summed E-state index contributed by atoms with van der Waals surface area (Å²) in [7, 11) is 1.64. The van der Waals surface area contributed by atoms with Crippen molar-refractivity contribution in [2.45, 2.75) is 6.42 Å². The van der Waals surface area contributed by atoms with E-state index in [0.717, 1.165) is 6.42 Å². The van der Waals surface area contributed by atoms with Crippen molar-refractivity contribution in [1.29, 1.82) is 0 Å². The van der Waals surface area contributed by atoms with Gasteiger partial charge in [-0.25, -0.2) is 0 Å². The minimum absolute atomic E-state index is 0.143. The van der Waals surface area contributed by atoms with Crippen molar-refractivity contribution in [2.24, 2.45) is 11.7 Å². The molecule has 0 aliphatic heterocycles. The van der Waals surface area contributed by atoms with Gasteiger partial charge in [0.05, 0.1) is 13.2 Å². The molecule has 3 N–H and O–H groups in total. The number of ether oxygens (including phenoxy) is 2. The molecular formula is C8H19NO3. The normalized spacial score (nSPS) is 13.2. The van der Waals surface area contributed by atoms with Gasteiger partial charge in [-0.15, -0.1) is 0 Å². The fourth-order valence-electron chi connectivity index (χ4n) is 0.778. The van der Waals surface area contributed by atoms with Gasteiger partial charge in [0.2, 0.25) is 0 Å². The van der Waals surface area contributed by atoms with Gasteiger partial charge in [0.25, 0.3) is 0 Å². The van der Waals surface area contributed by atoms with Gasteiger partial charge < -0.3 is 20.3 Å². The molecule has 0 amide bonds. The second kappa shape index (κ2) is 8.93. The lowest BCUT2D eigenvalue weighted by atomic mass is 10.1. The lowest BCUT2D eigenvalue weighted by Gasteiger charge is -2.10. The number of methoxy groups -OCH3 is 1. The molecule has 4 heteroatoms. The van der Waals surface area contributed by atoms with Crippen molar-refractivity contribution in [1.82, 2.24) is 0 Å². The summed E-state index contributed by atoms with van der Waals surface area (Å²) < 4.78 is 10.0. The van der Waals surface area contributed by atoms with Crippen LogP contribution in [0.3, 0.4) is 0 Å². The Kier molecular flexibility index (Phi) is 8.81. The maximum atomic E-state index is 8.77. The lowest BCUT2D eigenvalue weighted by Crippen LogP contribution is -2.20. The standard InChI is InChI=1S/C8H19NO3/c1-11-4-5-12-3-2-8(6-9)7-10/h8,10H,2-7,9H2,1H3. The van der Waals surface area contributed by atoms with E-state index in [-0.39, 0.29) is 12.5 Å². The molecule has 0 rings (SSSR count). The van der Waals surface area contributed by atoms with Gasteiger partial charge in [-0.05, 0) is 18.9 Å². The van der Waals surface area contributed by atoms with Gasteiger partial charge in [-0.2, -0.15) is 0 Å². The number of rotatable bonds is 8. The first-order valence-electron chi connectivity index (χ1n) is 4.22. The summed E-state index contributed by atoms with van der Waals surface area (Å²) in [6.45, 7) is 2.53. The molecule has 0 saturated heterocycles. The summed E-state index contributed by atoms with van der Waals surface area (Å²) in [4.78, 5) is 0. The predicted octanol–water partition coefficient (Wildman–Crippen LogP) is -0.393. The average Bonchev–Trinajstić information content (AvgIpc) is 2.11. The molecule has 74 valence electrons. The number of hydrogen-bond acceptors (Lipinski definition) is 4. The smallest absolute Gasteiger partial charge is 0.0700 e. The van der Waals surface area contributed by atoms with Crippen molar-refractivity contribution < 1.29 is 14.6 Å². The SMILES string of the molecule is COCCOCCC(CN)CO. The van der Waals surface area contributed by atoms with E-state index in [0.29, 0.717) is 26.4 Å². The number of aliphatic hydroxyl groups is 1. The Labute approximate surface area is 73.7 Å². The number of aliphatic hydroxyl groups excluding tert-OH is 1. The first kappa shape index (κ1) is 11.8. The van der Waals surface area contributed by atoms with E-state index in [9.17, 15) is 0 Å². The number of nitrogens with two attached hydrogens (primary N) is 1. The fourth-order valence-corrected chi connectivity index (χ4v) is 0.778. The summed E-state index contributed by atoms with van der Waals surface area (Å²) in [5.41, 5.74) is 5.38. The van der Waals surface area contributed by atoms with Crippen LogP contribution in [0.4, 0.5) is 0 Å². The summed E-state index contributed by atoms with van der Waals surface area (Å²) in [6, 6.07) is 0. The summed E-state index contributed by atoms with van der Waals surface area (Å²) >= 11 is 0. The molecule has 4 nitrogen and oxygen atoms in total. The molecule has 0 fully saturated rings. The molecule has 0 aliphatic rings. The number of hydrogen-bond donors (Lipinski definition) is 2. The highest BCUT2D eigenvalue weighted by molar-refractivity contribution is 4.56. The van der Waals surface area contributed by atoms with Gasteiger partial charge >= 0.3 is 0 Å². The van der Waals surface area contributed by atoms with Gasteiger partial charge in [0.15, 0.2) is 0 Å². The minimum atomic E-state index is 0.143. The van der Waals surface area contributed by atoms with E-state index in [1.807, 2.05) is 0 Å². The van der Waals surface area contributed by atoms with Crippen LogP contribution in [0.25, 0.3) is 0 Å². The van der Waals surface area contributed by atoms with Crippen LogP contribution in [0.1, 0.15) is 6.42 Å². The Hall–Kier alpha value is -0.160. The zero-order chi connectivity index (χ0) is 9.23. The molecule has 0 aromatic heterocycles. The molecule has 0 radical (unpaired) electrons. The van der Waals surface area contributed by atoms with Crippen LogP contribution in [-0.2, 0) is 9.47 Å². The molecule has 1 unspecified atom stereocenters. The van der Waals surface area contributed by atoms with Crippen LogP contribution >= 0.6 is 0 Å². The highest BCUT2D eigenvalue weighted by Crippen LogP contribution is 1.99. The van der Waals surface area contributed by atoms with Gasteiger partial charge in [0.1, 0.15) is 0 Å². The topological polar surface area (TPSA) is 64.7 Å². The Morgan fingerprint density at radius 3 is 2.58 bits per heavy atom. The second-order valence-corrected chi connectivity index (χ2v) is 2.68. The second-order valence-electron chi connectivity index (χ2n) is 2.68. The van der Waals surface area contributed by atoms with Crippen molar-refractivity contribution in [3.63, 3.8) is 0 Å².